The molecular formula is C11H16N2O4S3. The molecule has 0 saturated heterocycles. The number of hydrogen-bond acceptors (Lipinski definition) is 5. The van der Waals surface area contributed by atoms with Crippen LogP contribution in [0.2, 0.25) is 0 Å². The number of nitrogens with one attached hydrogen (secondary N) is 1. The summed E-state index contributed by atoms with van der Waals surface area (Å²) in [6, 6.07) is 5.01. The zero-order chi connectivity index (χ0) is 15.6. The number of sulfonamides is 1. The SMILES string of the molecule is CC(CS(C)(=O)=O)NS(=O)(=O)c1ccc(C(N)=S)cc1. The standard InChI is InChI=1S/C11H16N2O4S3/c1-8(7-19(2,14)15)13-20(16,17)10-5-3-9(4-6-10)11(12)18/h3-6,8,13H,7H2,1-2H3,(H2,12,18). The van der Waals surface area contributed by atoms with Crippen LogP contribution in [0.4, 0.5) is 0 Å². The van der Waals surface area contributed by atoms with Crippen molar-refractivity contribution in [1.29, 1.82) is 0 Å². The molecule has 112 valence electrons. The second-order valence-corrected chi connectivity index (χ2v) is 8.84. The molecule has 0 radical (unpaired) electrons. The molecule has 1 aromatic rings. The Morgan fingerprint density at radius 3 is 2.15 bits per heavy atom. The molecule has 6 nitrogen and oxygen atoms in total. The van der Waals surface area contributed by atoms with E-state index >= 15 is 0 Å². The predicted octanol–water partition coefficient (Wildman–Crippen LogP) is 0.0322. The van der Waals surface area contributed by atoms with Crippen LogP contribution in [0.5, 0.6) is 0 Å². The van der Waals surface area contributed by atoms with Crippen molar-refractivity contribution in [1.82, 2.24) is 4.72 Å². The van der Waals surface area contributed by atoms with E-state index in [0.29, 0.717) is 5.56 Å². The number of rotatable bonds is 6. The summed E-state index contributed by atoms with van der Waals surface area (Å²) in [5.41, 5.74) is 5.98. The van der Waals surface area contributed by atoms with Gasteiger partial charge in [0.25, 0.3) is 0 Å². The summed E-state index contributed by atoms with van der Waals surface area (Å²) in [5.74, 6) is -0.267. The zero-order valence-corrected chi connectivity index (χ0v) is 13.5. The second kappa shape index (κ2) is 6.17. The average molecular weight is 336 g/mol. The minimum absolute atomic E-state index is 0.0258. The molecule has 1 unspecified atom stereocenters. The van der Waals surface area contributed by atoms with E-state index in [4.69, 9.17) is 18.0 Å². The molecule has 0 fully saturated rings. The summed E-state index contributed by atoms with van der Waals surface area (Å²) in [7, 11) is -7.03. The second-order valence-electron chi connectivity index (χ2n) is 4.50. The molecule has 1 rings (SSSR count). The highest BCUT2D eigenvalue weighted by molar-refractivity contribution is 7.91. The van der Waals surface area contributed by atoms with E-state index in [0.717, 1.165) is 6.26 Å². The van der Waals surface area contributed by atoms with Crippen molar-refractivity contribution in [2.24, 2.45) is 5.73 Å². The van der Waals surface area contributed by atoms with E-state index in [2.05, 4.69) is 4.72 Å². The van der Waals surface area contributed by atoms with Gasteiger partial charge in [0.2, 0.25) is 10.0 Å². The Labute approximate surface area is 124 Å². The van der Waals surface area contributed by atoms with Gasteiger partial charge in [-0.3, -0.25) is 0 Å². The molecule has 20 heavy (non-hydrogen) atoms. The molecular weight excluding hydrogens is 320 g/mol. The van der Waals surface area contributed by atoms with E-state index in [1.54, 1.807) is 0 Å². The normalized spacial score (nSPS) is 13.9. The lowest BCUT2D eigenvalue weighted by Gasteiger charge is -2.13. The van der Waals surface area contributed by atoms with Gasteiger partial charge in [0.1, 0.15) is 14.8 Å². The van der Waals surface area contributed by atoms with Crippen LogP contribution in [0, 0.1) is 0 Å². The summed E-state index contributed by atoms with van der Waals surface area (Å²) >= 11 is 4.77. The predicted molar refractivity (Wildman–Crippen MR) is 81.8 cm³/mol. The van der Waals surface area contributed by atoms with Crippen molar-refractivity contribution in [3.8, 4) is 0 Å². The van der Waals surface area contributed by atoms with Crippen LogP contribution in [0.1, 0.15) is 12.5 Å². The maximum Gasteiger partial charge on any atom is 0.240 e. The Morgan fingerprint density at radius 1 is 1.25 bits per heavy atom. The van der Waals surface area contributed by atoms with E-state index in [9.17, 15) is 16.8 Å². The first-order chi connectivity index (χ1) is 9.01. The Balaban J connectivity index is 2.91. The summed E-state index contributed by atoms with van der Waals surface area (Å²) in [6.07, 6.45) is 1.05. The highest BCUT2D eigenvalue weighted by Gasteiger charge is 2.20. The molecule has 0 heterocycles. The molecule has 0 bridgehead atoms. The van der Waals surface area contributed by atoms with Gasteiger partial charge >= 0.3 is 0 Å². The van der Waals surface area contributed by atoms with E-state index in [1.165, 1.54) is 31.2 Å². The van der Waals surface area contributed by atoms with Gasteiger partial charge in [0, 0.05) is 17.9 Å². The topological polar surface area (TPSA) is 106 Å². The first kappa shape index (κ1) is 17.0. The summed E-state index contributed by atoms with van der Waals surface area (Å²) in [6.45, 7) is 1.49. The first-order valence-corrected chi connectivity index (χ1v) is 9.56. The van der Waals surface area contributed by atoms with Gasteiger partial charge in [-0.15, -0.1) is 0 Å². The monoisotopic (exact) mass is 336 g/mol. The molecule has 0 aliphatic heterocycles. The number of thiocarbonyl (C=S) groups is 1. The molecule has 1 aromatic carbocycles. The van der Waals surface area contributed by atoms with Crippen LogP contribution >= 0.6 is 12.2 Å². The van der Waals surface area contributed by atoms with Gasteiger partial charge in [-0.1, -0.05) is 24.4 Å². The number of benzene rings is 1. The fourth-order valence-electron chi connectivity index (χ4n) is 1.62. The minimum Gasteiger partial charge on any atom is -0.389 e. The number of sulfone groups is 1. The van der Waals surface area contributed by atoms with Crippen LogP contribution in [0.25, 0.3) is 0 Å². The third-order valence-corrected chi connectivity index (χ3v) is 5.30. The Morgan fingerprint density at radius 2 is 1.75 bits per heavy atom. The van der Waals surface area contributed by atoms with Crippen LogP contribution in [0.3, 0.4) is 0 Å². The van der Waals surface area contributed by atoms with Crippen molar-refractivity contribution >= 4 is 37.1 Å². The molecule has 3 N–H and O–H groups in total. The van der Waals surface area contributed by atoms with Crippen molar-refractivity contribution in [2.45, 2.75) is 17.9 Å². The summed E-state index contributed by atoms with van der Waals surface area (Å²) in [4.78, 5) is 0.199. The lowest BCUT2D eigenvalue weighted by Crippen LogP contribution is -2.37. The van der Waals surface area contributed by atoms with Gasteiger partial charge in [-0.25, -0.2) is 21.6 Å². The number of nitrogens with two attached hydrogens (primary N) is 1. The molecule has 1 atom stereocenters. The minimum atomic E-state index is -3.77. The Hall–Kier alpha value is -1.03. The van der Waals surface area contributed by atoms with Gasteiger partial charge in [-0.05, 0) is 19.1 Å². The lowest BCUT2D eigenvalue weighted by molar-refractivity contribution is 0.564. The van der Waals surface area contributed by atoms with Gasteiger partial charge in [0.15, 0.2) is 0 Å². The zero-order valence-electron chi connectivity index (χ0n) is 11.0. The Bertz CT molecular complexity index is 694. The van der Waals surface area contributed by atoms with Crippen LogP contribution in [0.15, 0.2) is 29.2 Å². The molecule has 0 aromatic heterocycles. The van der Waals surface area contributed by atoms with Crippen LogP contribution < -0.4 is 10.5 Å². The highest BCUT2D eigenvalue weighted by Crippen LogP contribution is 2.11. The molecule has 9 heteroatoms. The van der Waals surface area contributed by atoms with Crippen LogP contribution in [-0.4, -0.2) is 39.9 Å². The van der Waals surface area contributed by atoms with Crippen molar-refractivity contribution in [3.63, 3.8) is 0 Å². The third kappa shape index (κ3) is 5.16. The summed E-state index contributed by atoms with van der Waals surface area (Å²) in [5, 5.41) is 0. The largest absolute Gasteiger partial charge is 0.389 e. The highest BCUT2D eigenvalue weighted by atomic mass is 32.2. The number of hydrogen-bond donors (Lipinski definition) is 2. The maximum absolute atomic E-state index is 12.0. The van der Waals surface area contributed by atoms with Crippen molar-refractivity contribution < 1.29 is 16.8 Å². The van der Waals surface area contributed by atoms with Crippen molar-refractivity contribution in [3.05, 3.63) is 29.8 Å². The van der Waals surface area contributed by atoms with E-state index < -0.39 is 25.9 Å². The van der Waals surface area contributed by atoms with Gasteiger partial charge in [-0.2, -0.15) is 0 Å². The fraction of sp³-hybridized carbons (Fsp3) is 0.364. The molecule has 0 aliphatic carbocycles. The fourth-order valence-corrected chi connectivity index (χ4v) is 4.10. The molecule has 0 amide bonds. The van der Waals surface area contributed by atoms with Gasteiger partial charge < -0.3 is 5.73 Å². The average Bonchev–Trinajstić information content (AvgIpc) is 2.25. The third-order valence-electron chi connectivity index (χ3n) is 2.36. The molecule has 0 aliphatic rings. The smallest absolute Gasteiger partial charge is 0.240 e. The maximum atomic E-state index is 12.0. The lowest BCUT2D eigenvalue weighted by atomic mass is 10.2. The summed E-state index contributed by atoms with van der Waals surface area (Å²) < 4.78 is 48.6. The van der Waals surface area contributed by atoms with E-state index in [-0.39, 0.29) is 15.6 Å². The molecule has 0 spiro atoms. The van der Waals surface area contributed by atoms with Gasteiger partial charge in [0.05, 0.1) is 10.6 Å². The quantitative estimate of drug-likeness (QED) is 0.710. The van der Waals surface area contributed by atoms with Crippen LogP contribution in [-0.2, 0) is 19.9 Å². The molecule has 0 saturated carbocycles. The Kier molecular flexibility index (Phi) is 5.25. The first-order valence-electron chi connectivity index (χ1n) is 5.61. The van der Waals surface area contributed by atoms with E-state index in [1.807, 2.05) is 0 Å². The van der Waals surface area contributed by atoms with Crippen molar-refractivity contribution in [2.75, 3.05) is 12.0 Å².